The highest BCUT2D eigenvalue weighted by Crippen LogP contribution is 2.17. The average molecular weight is 231 g/mol. The summed E-state index contributed by atoms with van der Waals surface area (Å²) in [5.41, 5.74) is -1.37. The first-order chi connectivity index (χ1) is 7.37. The van der Waals surface area contributed by atoms with Crippen LogP contribution in [0.4, 0.5) is 0 Å². The minimum Gasteiger partial charge on any atom is -0.386 e. The smallest absolute Gasteiger partial charge is 0.222 e. The molecule has 1 fully saturated rings. The fourth-order valence-corrected chi connectivity index (χ4v) is 1.52. The highest BCUT2D eigenvalue weighted by molar-refractivity contribution is 5.77. The molecule has 5 heteroatoms. The third-order valence-electron chi connectivity index (χ3n) is 2.84. The van der Waals surface area contributed by atoms with Crippen LogP contribution >= 0.6 is 0 Å². The minimum atomic E-state index is -0.896. The summed E-state index contributed by atoms with van der Waals surface area (Å²) in [6.45, 7) is 4.78. The predicted octanol–water partition coefficient (Wildman–Crippen LogP) is 0.0691. The Hall–Kier alpha value is -0.650. The summed E-state index contributed by atoms with van der Waals surface area (Å²) in [6, 6.07) is 0. The Labute approximate surface area is 96.1 Å². The molecule has 1 amide bonds. The second-order valence-corrected chi connectivity index (χ2v) is 4.94. The van der Waals surface area contributed by atoms with Gasteiger partial charge in [0.15, 0.2) is 0 Å². The lowest BCUT2D eigenvalue weighted by Crippen LogP contribution is -2.45. The number of carbonyl (C=O) groups excluding carboxylic acids is 1. The number of amides is 1. The molecule has 1 rings (SSSR count). The van der Waals surface area contributed by atoms with Crippen LogP contribution in [0.25, 0.3) is 0 Å². The van der Waals surface area contributed by atoms with E-state index in [1.54, 1.807) is 7.11 Å². The monoisotopic (exact) mass is 231 g/mol. The molecule has 0 bridgehead atoms. The van der Waals surface area contributed by atoms with E-state index in [0.29, 0.717) is 19.6 Å². The van der Waals surface area contributed by atoms with Crippen LogP contribution in [0, 0.1) is 0 Å². The average Bonchev–Trinajstić information content (AvgIpc) is 2.63. The summed E-state index contributed by atoms with van der Waals surface area (Å²) in [5.74, 6) is -0.118. The third-order valence-corrected chi connectivity index (χ3v) is 2.84. The van der Waals surface area contributed by atoms with E-state index in [4.69, 9.17) is 9.47 Å². The Morgan fingerprint density at radius 1 is 1.62 bits per heavy atom. The van der Waals surface area contributed by atoms with E-state index >= 15 is 0 Å². The summed E-state index contributed by atoms with van der Waals surface area (Å²) in [5, 5.41) is 12.6. The maximum Gasteiger partial charge on any atom is 0.222 e. The number of ether oxygens (including phenoxy) is 2. The second kappa shape index (κ2) is 5.12. The molecule has 0 aromatic carbocycles. The van der Waals surface area contributed by atoms with Gasteiger partial charge in [0, 0.05) is 26.7 Å². The van der Waals surface area contributed by atoms with Crippen molar-refractivity contribution in [2.45, 2.75) is 37.9 Å². The van der Waals surface area contributed by atoms with Crippen LogP contribution in [-0.2, 0) is 14.3 Å². The lowest BCUT2D eigenvalue weighted by molar-refractivity contribution is -0.127. The van der Waals surface area contributed by atoms with Gasteiger partial charge in [-0.2, -0.15) is 0 Å². The lowest BCUT2D eigenvalue weighted by atomic mass is 10.0. The molecule has 1 aliphatic rings. The molecular weight excluding hydrogens is 210 g/mol. The van der Waals surface area contributed by atoms with Gasteiger partial charge in [0.1, 0.15) is 5.60 Å². The van der Waals surface area contributed by atoms with Crippen molar-refractivity contribution in [1.29, 1.82) is 0 Å². The highest BCUT2D eigenvalue weighted by Gasteiger charge is 2.33. The molecular formula is C11H21NO4. The minimum absolute atomic E-state index is 0.118. The molecule has 16 heavy (non-hydrogen) atoms. The largest absolute Gasteiger partial charge is 0.386 e. The molecule has 1 heterocycles. The van der Waals surface area contributed by atoms with Crippen LogP contribution in [0.2, 0.25) is 0 Å². The van der Waals surface area contributed by atoms with E-state index in [9.17, 15) is 9.90 Å². The SMILES string of the molecule is COC(C)(C)CC(=O)NCC1(O)CCOC1. The highest BCUT2D eigenvalue weighted by atomic mass is 16.5. The van der Waals surface area contributed by atoms with Crippen molar-refractivity contribution in [2.75, 3.05) is 26.9 Å². The fourth-order valence-electron chi connectivity index (χ4n) is 1.52. The number of carbonyl (C=O) groups is 1. The van der Waals surface area contributed by atoms with Crippen molar-refractivity contribution in [3.8, 4) is 0 Å². The van der Waals surface area contributed by atoms with Gasteiger partial charge >= 0.3 is 0 Å². The van der Waals surface area contributed by atoms with Gasteiger partial charge < -0.3 is 19.9 Å². The topological polar surface area (TPSA) is 67.8 Å². The number of rotatable bonds is 5. The van der Waals surface area contributed by atoms with Gasteiger partial charge in [0.25, 0.3) is 0 Å². The van der Waals surface area contributed by atoms with Crippen LogP contribution in [-0.4, -0.2) is 49.1 Å². The van der Waals surface area contributed by atoms with Crippen LogP contribution in [0.3, 0.4) is 0 Å². The molecule has 5 nitrogen and oxygen atoms in total. The van der Waals surface area contributed by atoms with Crippen molar-refractivity contribution in [3.63, 3.8) is 0 Å². The lowest BCUT2D eigenvalue weighted by Gasteiger charge is -2.24. The third kappa shape index (κ3) is 4.08. The zero-order valence-electron chi connectivity index (χ0n) is 10.2. The standard InChI is InChI=1S/C11H21NO4/c1-10(2,15-3)6-9(13)12-7-11(14)4-5-16-8-11/h14H,4-8H2,1-3H3,(H,12,13). The van der Waals surface area contributed by atoms with Gasteiger partial charge in [0.2, 0.25) is 5.91 Å². The van der Waals surface area contributed by atoms with Crippen molar-refractivity contribution in [2.24, 2.45) is 0 Å². The first kappa shape index (κ1) is 13.4. The molecule has 0 saturated carbocycles. The van der Waals surface area contributed by atoms with Crippen LogP contribution in [0.5, 0.6) is 0 Å². The summed E-state index contributed by atoms with van der Waals surface area (Å²) in [7, 11) is 1.58. The van der Waals surface area contributed by atoms with E-state index in [1.807, 2.05) is 13.8 Å². The normalized spacial score (nSPS) is 25.8. The van der Waals surface area contributed by atoms with Gasteiger partial charge in [-0.3, -0.25) is 4.79 Å². The van der Waals surface area contributed by atoms with Gasteiger partial charge in [-0.15, -0.1) is 0 Å². The number of methoxy groups -OCH3 is 1. The summed E-state index contributed by atoms with van der Waals surface area (Å²) in [6.07, 6.45) is 0.849. The molecule has 2 N–H and O–H groups in total. The number of hydrogen-bond donors (Lipinski definition) is 2. The zero-order chi connectivity index (χ0) is 12.2. The van der Waals surface area contributed by atoms with Crippen LogP contribution in [0.1, 0.15) is 26.7 Å². The summed E-state index contributed by atoms with van der Waals surface area (Å²) in [4.78, 5) is 11.6. The zero-order valence-corrected chi connectivity index (χ0v) is 10.2. The van der Waals surface area contributed by atoms with Crippen molar-refractivity contribution >= 4 is 5.91 Å². The number of hydrogen-bond acceptors (Lipinski definition) is 4. The van der Waals surface area contributed by atoms with E-state index < -0.39 is 11.2 Å². The molecule has 0 aliphatic carbocycles. The Kier molecular flexibility index (Phi) is 4.29. The van der Waals surface area contributed by atoms with Gasteiger partial charge in [-0.25, -0.2) is 0 Å². The fraction of sp³-hybridized carbons (Fsp3) is 0.909. The predicted molar refractivity (Wildman–Crippen MR) is 59.1 cm³/mol. The molecule has 1 saturated heterocycles. The van der Waals surface area contributed by atoms with Gasteiger partial charge in [-0.1, -0.05) is 0 Å². The first-order valence-electron chi connectivity index (χ1n) is 5.49. The van der Waals surface area contributed by atoms with Crippen molar-refractivity contribution in [3.05, 3.63) is 0 Å². The van der Waals surface area contributed by atoms with Crippen LogP contribution < -0.4 is 5.32 Å². The van der Waals surface area contributed by atoms with E-state index in [-0.39, 0.29) is 18.9 Å². The van der Waals surface area contributed by atoms with Gasteiger partial charge in [0.05, 0.1) is 18.6 Å². The maximum absolute atomic E-state index is 11.6. The molecule has 1 aliphatic heterocycles. The Bertz CT molecular complexity index is 246. The van der Waals surface area contributed by atoms with E-state index in [0.717, 1.165) is 0 Å². The van der Waals surface area contributed by atoms with Crippen molar-refractivity contribution in [1.82, 2.24) is 5.32 Å². The molecule has 0 radical (unpaired) electrons. The van der Waals surface area contributed by atoms with E-state index in [2.05, 4.69) is 5.32 Å². The number of nitrogens with one attached hydrogen (secondary N) is 1. The summed E-state index contributed by atoms with van der Waals surface area (Å²) >= 11 is 0. The maximum atomic E-state index is 11.6. The molecule has 1 unspecified atom stereocenters. The quantitative estimate of drug-likeness (QED) is 0.702. The second-order valence-electron chi connectivity index (χ2n) is 4.94. The molecule has 1 atom stereocenters. The summed E-state index contributed by atoms with van der Waals surface area (Å²) < 4.78 is 10.2. The van der Waals surface area contributed by atoms with Crippen LogP contribution in [0.15, 0.2) is 0 Å². The van der Waals surface area contributed by atoms with Gasteiger partial charge in [-0.05, 0) is 13.8 Å². The molecule has 0 aromatic rings. The number of aliphatic hydroxyl groups is 1. The van der Waals surface area contributed by atoms with Crippen molar-refractivity contribution < 1.29 is 19.4 Å². The Balaban J connectivity index is 2.30. The molecule has 0 spiro atoms. The molecule has 94 valence electrons. The Morgan fingerprint density at radius 2 is 2.31 bits per heavy atom. The first-order valence-corrected chi connectivity index (χ1v) is 5.49. The van der Waals surface area contributed by atoms with E-state index in [1.165, 1.54) is 0 Å². The Morgan fingerprint density at radius 3 is 2.81 bits per heavy atom. The molecule has 0 aromatic heterocycles.